The first kappa shape index (κ1) is 14.3. The summed E-state index contributed by atoms with van der Waals surface area (Å²) in [5.41, 5.74) is 6.98. The summed E-state index contributed by atoms with van der Waals surface area (Å²) in [5, 5.41) is 12.3. The highest BCUT2D eigenvalue weighted by molar-refractivity contribution is 6.29. The highest BCUT2D eigenvalue weighted by Crippen LogP contribution is 2.17. The Kier molecular flexibility index (Phi) is 4.55. The lowest BCUT2D eigenvalue weighted by Gasteiger charge is -2.17. The van der Waals surface area contributed by atoms with Crippen molar-refractivity contribution in [1.29, 1.82) is 0 Å². The molecule has 0 saturated heterocycles. The van der Waals surface area contributed by atoms with E-state index in [0.29, 0.717) is 0 Å². The van der Waals surface area contributed by atoms with Gasteiger partial charge in [-0.25, -0.2) is 4.98 Å². The zero-order chi connectivity index (χ0) is 14.5. The smallest absolute Gasteiger partial charge is 0.254 e. The SMILES string of the molecule is Nc1cnc(Cl)cc1C(=O)N[C@H](CO)c1ccccc1. The van der Waals surface area contributed by atoms with Crippen molar-refractivity contribution in [2.75, 3.05) is 12.3 Å². The lowest BCUT2D eigenvalue weighted by atomic mass is 10.1. The summed E-state index contributed by atoms with van der Waals surface area (Å²) in [6, 6.07) is 10.1. The number of pyridine rings is 1. The maximum atomic E-state index is 12.2. The van der Waals surface area contributed by atoms with Gasteiger partial charge in [0.1, 0.15) is 5.15 Å². The number of aromatic nitrogens is 1. The van der Waals surface area contributed by atoms with Crippen molar-refractivity contribution >= 4 is 23.2 Å². The molecule has 4 N–H and O–H groups in total. The third-order valence-corrected chi connectivity index (χ3v) is 3.04. The van der Waals surface area contributed by atoms with Gasteiger partial charge in [-0.15, -0.1) is 0 Å². The molecular formula is C14H14ClN3O2. The van der Waals surface area contributed by atoms with Gasteiger partial charge in [0.15, 0.2) is 0 Å². The summed E-state index contributed by atoms with van der Waals surface area (Å²) in [5.74, 6) is -0.408. The molecule has 2 rings (SSSR count). The molecule has 20 heavy (non-hydrogen) atoms. The highest BCUT2D eigenvalue weighted by atomic mass is 35.5. The molecule has 1 amide bonds. The van der Waals surface area contributed by atoms with E-state index in [9.17, 15) is 9.90 Å². The minimum Gasteiger partial charge on any atom is -0.397 e. The molecular weight excluding hydrogens is 278 g/mol. The minimum absolute atomic E-state index is 0.185. The molecule has 1 heterocycles. The number of carbonyl (C=O) groups excluding carboxylic acids is 1. The first-order chi connectivity index (χ1) is 9.61. The maximum Gasteiger partial charge on any atom is 0.254 e. The monoisotopic (exact) mass is 291 g/mol. The van der Waals surface area contributed by atoms with Crippen LogP contribution < -0.4 is 11.1 Å². The van der Waals surface area contributed by atoms with Crippen molar-refractivity contribution in [3.63, 3.8) is 0 Å². The Balaban J connectivity index is 2.20. The fourth-order valence-electron chi connectivity index (χ4n) is 1.79. The van der Waals surface area contributed by atoms with Crippen LogP contribution in [0.25, 0.3) is 0 Å². The number of nitrogen functional groups attached to an aromatic ring is 1. The van der Waals surface area contributed by atoms with Crippen LogP contribution in [0, 0.1) is 0 Å². The van der Waals surface area contributed by atoms with E-state index in [1.165, 1.54) is 12.3 Å². The van der Waals surface area contributed by atoms with E-state index >= 15 is 0 Å². The Hall–Kier alpha value is -2.11. The van der Waals surface area contributed by atoms with E-state index in [4.69, 9.17) is 17.3 Å². The number of nitrogens with two attached hydrogens (primary N) is 1. The number of anilines is 1. The van der Waals surface area contributed by atoms with Gasteiger partial charge in [-0.05, 0) is 11.6 Å². The van der Waals surface area contributed by atoms with E-state index in [2.05, 4.69) is 10.3 Å². The van der Waals surface area contributed by atoms with Gasteiger partial charge in [0.2, 0.25) is 0 Å². The second kappa shape index (κ2) is 6.36. The standard InChI is InChI=1S/C14H14ClN3O2/c15-13-6-10(11(16)7-17-13)14(20)18-12(8-19)9-4-2-1-3-5-9/h1-7,12,19H,8,16H2,(H,18,20)/t12-/m1/s1. The van der Waals surface area contributed by atoms with Crippen LogP contribution in [-0.4, -0.2) is 22.6 Å². The average molecular weight is 292 g/mol. The summed E-state index contributed by atoms with van der Waals surface area (Å²) in [4.78, 5) is 16.0. The number of nitrogens with one attached hydrogen (secondary N) is 1. The molecule has 104 valence electrons. The quantitative estimate of drug-likeness (QED) is 0.749. The molecule has 0 aliphatic carbocycles. The molecule has 0 aliphatic rings. The van der Waals surface area contributed by atoms with Crippen molar-refractivity contribution in [2.24, 2.45) is 0 Å². The van der Waals surface area contributed by atoms with Crippen LogP contribution in [0.3, 0.4) is 0 Å². The van der Waals surface area contributed by atoms with Crippen molar-refractivity contribution in [2.45, 2.75) is 6.04 Å². The van der Waals surface area contributed by atoms with Gasteiger partial charge in [0.05, 0.1) is 30.1 Å². The maximum absolute atomic E-state index is 12.2. The third-order valence-electron chi connectivity index (χ3n) is 2.84. The van der Waals surface area contributed by atoms with Crippen LogP contribution in [0.1, 0.15) is 22.0 Å². The van der Waals surface area contributed by atoms with E-state index in [-0.39, 0.29) is 23.0 Å². The van der Waals surface area contributed by atoms with Gasteiger partial charge in [0.25, 0.3) is 5.91 Å². The molecule has 0 spiro atoms. The van der Waals surface area contributed by atoms with E-state index in [1.807, 2.05) is 30.3 Å². The molecule has 1 aromatic heterocycles. The summed E-state index contributed by atoms with van der Waals surface area (Å²) < 4.78 is 0. The van der Waals surface area contributed by atoms with Gasteiger partial charge < -0.3 is 16.2 Å². The van der Waals surface area contributed by atoms with Crippen LogP contribution in [0.2, 0.25) is 5.15 Å². The number of hydrogen-bond donors (Lipinski definition) is 3. The Morgan fingerprint density at radius 3 is 2.75 bits per heavy atom. The van der Waals surface area contributed by atoms with Crippen LogP contribution in [0.5, 0.6) is 0 Å². The van der Waals surface area contributed by atoms with Crippen molar-refractivity contribution < 1.29 is 9.90 Å². The van der Waals surface area contributed by atoms with E-state index < -0.39 is 11.9 Å². The van der Waals surface area contributed by atoms with E-state index in [1.54, 1.807) is 0 Å². The number of rotatable bonds is 4. The fraction of sp³-hybridized carbons (Fsp3) is 0.143. The predicted octanol–water partition coefficient (Wildman–Crippen LogP) is 1.78. The number of aliphatic hydroxyl groups is 1. The molecule has 2 aromatic rings. The van der Waals surface area contributed by atoms with Crippen molar-refractivity contribution in [3.8, 4) is 0 Å². The Morgan fingerprint density at radius 2 is 2.10 bits per heavy atom. The number of carbonyl (C=O) groups is 1. The summed E-state index contributed by atoms with van der Waals surface area (Å²) in [6.45, 7) is -0.214. The first-order valence-corrected chi connectivity index (χ1v) is 6.37. The summed E-state index contributed by atoms with van der Waals surface area (Å²) in [6.07, 6.45) is 1.33. The lowest BCUT2D eigenvalue weighted by molar-refractivity contribution is 0.0917. The largest absolute Gasteiger partial charge is 0.397 e. The summed E-state index contributed by atoms with van der Waals surface area (Å²) in [7, 11) is 0. The van der Waals surface area contributed by atoms with E-state index in [0.717, 1.165) is 5.56 Å². The van der Waals surface area contributed by atoms with Crippen LogP contribution in [0.15, 0.2) is 42.6 Å². The van der Waals surface area contributed by atoms with Crippen LogP contribution >= 0.6 is 11.6 Å². The number of amides is 1. The zero-order valence-electron chi connectivity index (χ0n) is 10.6. The molecule has 5 nitrogen and oxygen atoms in total. The normalized spacial score (nSPS) is 11.9. The number of benzene rings is 1. The molecule has 0 radical (unpaired) electrons. The molecule has 0 fully saturated rings. The highest BCUT2D eigenvalue weighted by Gasteiger charge is 2.17. The van der Waals surface area contributed by atoms with Crippen molar-refractivity contribution in [1.82, 2.24) is 10.3 Å². The minimum atomic E-state index is -0.505. The van der Waals surface area contributed by atoms with Gasteiger partial charge in [0, 0.05) is 0 Å². The zero-order valence-corrected chi connectivity index (χ0v) is 11.3. The Labute approximate surface area is 121 Å². The Morgan fingerprint density at radius 1 is 1.40 bits per heavy atom. The summed E-state index contributed by atoms with van der Waals surface area (Å²) >= 11 is 5.75. The molecule has 0 saturated carbocycles. The topological polar surface area (TPSA) is 88.2 Å². The lowest BCUT2D eigenvalue weighted by Crippen LogP contribution is -2.31. The molecule has 1 atom stereocenters. The van der Waals surface area contributed by atoms with Gasteiger partial charge in [-0.3, -0.25) is 4.79 Å². The van der Waals surface area contributed by atoms with Gasteiger partial charge in [-0.1, -0.05) is 41.9 Å². The van der Waals surface area contributed by atoms with Crippen LogP contribution in [0.4, 0.5) is 5.69 Å². The second-order valence-corrected chi connectivity index (χ2v) is 4.60. The molecule has 1 aromatic carbocycles. The second-order valence-electron chi connectivity index (χ2n) is 4.21. The molecule has 6 heteroatoms. The Bertz CT molecular complexity index is 605. The third kappa shape index (κ3) is 3.26. The van der Waals surface area contributed by atoms with Crippen molar-refractivity contribution in [3.05, 3.63) is 58.9 Å². The van der Waals surface area contributed by atoms with Gasteiger partial charge >= 0.3 is 0 Å². The van der Waals surface area contributed by atoms with Crippen LogP contribution in [-0.2, 0) is 0 Å². The molecule has 0 bridgehead atoms. The van der Waals surface area contributed by atoms with Gasteiger partial charge in [-0.2, -0.15) is 0 Å². The average Bonchev–Trinajstić information content (AvgIpc) is 2.48. The molecule has 0 unspecified atom stereocenters. The number of aliphatic hydroxyl groups excluding tert-OH is 1. The number of hydrogen-bond acceptors (Lipinski definition) is 4. The first-order valence-electron chi connectivity index (χ1n) is 5.99. The predicted molar refractivity (Wildman–Crippen MR) is 77.4 cm³/mol. The fourth-order valence-corrected chi connectivity index (χ4v) is 1.95. The number of nitrogens with zero attached hydrogens (tertiary/aromatic N) is 1. The number of halogens is 1. The molecule has 0 aliphatic heterocycles.